The summed E-state index contributed by atoms with van der Waals surface area (Å²) < 4.78 is 0. The number of anilines is 1. The third kappa shape index (κ3) is 3.19. The average molecular weight is 316 g/mol. The minimum Gasteiger partial charge on any atom is -0.387 e. The molecule has 2 rings (SSSR count). The number of hydrogen-bond acceptors (Lipinski definition) is 5. The van der Waals surface area contributed by atoms with E-state index in [9.17, 15) is 9.90 Å². The van der Waals surface area contributed by atoms with Crippen molar-refractivity contribution in [3.8, 4) is 0 Å². The number of aromatic nitrogens is 1. The van der Waals surface area contributed by atoms with E-state index in [0.717, 1.165) is 18.6 Å². The molecule has 1 amide bonds. The summed E-state index contributed by atoms with van der Waals surface area (Å²) in [5, 5.41) is 14.1. The smallest absolute Gasteiger partial charge is 0.250 e. The molecule has 20 heavy (non-hydrogen) atoms. The fourth-order valence-corrected chi connectivity index (χ4v) is 3.61. The molecule has 1 aromatic rings. The lowest BCUT2D eigenvalue weighted by Gasteiger charge is -2.45. The van der Waals surface area contributed by atoms with E-state index in [1.54, 1.807) is 11.8 Å². The maximum Gasteiger partial charge on any atom is 0.250 e. The van der Waals surface area contributed by atoms with Crippen LogP contribution in [0, 0.1) is 0 Å². The number of primary amides is 1. The fraction of sp³-hybridized carbons (Fsp3) is 0.538. The molecule has 1 heterocycles. The number of hydrogen-bond donors (Lipinski definition) is 3. The predicted octanol–water partition coefficient (Wildman–Crippen LogP) is 1.89. The van der Waals surface area contributed by atoms with Crippen molar-refractivity contribution in [1.82, 2.24) is 4.98 Å². The van der Waals surface area contributed by atoms with Crippen molar-refractivity contribution in [1.29, 1.82) is 0 Å². The Morgan fingerprint density at radius 3 is 3.00 bits per heavy atom. The number of nitrogens with zero attached hydrogens (tertiary/aromatic N) is 1. The molecule has 4 N–H and O–H groups in total. The first-order valence-electron chi connectivity index (χ1n) is 6.49. The Bertz CT molecular complexity index is 514. The first-order valence-corrected chi connectivity index (χ1v) is 7.92. The van der Waals surface area contributed by atoms with Crippen LogP contribution in [0.1, 0.15) is 30.1 Å². The minimum absolute atomic E-state index is 0.253. The van der Waals surface area contributed by atoms with Crippen LogP contribution in [-0.2, 0) is 0 Å². The summed E-state index contributed by atoms with van der Waals surface area (Å²) in [6, 6.07) is 1.47. The summed E-state index contributed by atoms with van der Waals surface area (Å²) in [4.78, 5) is 15.1. The lowest BCUT2D eigenvalue weighted by Crippen LogP contribution is -2.54. The molecule has 110 valence electrons. The third-order valence-electron chi connectivity index (χ3n) is 3.49. The van der Waals surface area contributed by atoms with Crippen LogP contribution in [0.5, 0.6) is 0 Å². The van der Waals surface area contributed by atoms with Gasteiger partial charge in [-0.25, -0.2) is 4.98 Å². The normalized spacial score (nSPS) is 25.1. The van der Waals surface area contributed by atoms with E-state index in [1.165, 1.54) is 12.3 Å². The van der Waals surface area contributed by atoms with Gasteiger partial charge in [0.15, 0.2) is 0 Å². The monoisotopic (exact) mass is 315 g/mol. The molecule has 7 heteroatoms. The van der Waals surface area contributed by atoms with Crippen molar-refractivity contribution in [2.75, 3.05) is 17.6 Å². The molecule has 1 aliphatic rings. The molecule has 0 saturated heterocycles. The number of carbonyl (C=O) groups excluding carboxylic acids is 1. The van der Waals surface area contributed by atoms with Gasteiger partial charge in [0, 0.05) is 18.0 Å². The molecule has 0 bridgehead atoms. The zero-order valence-corrected chi connectivity index (χ0v) is 12.8. The molecule has 1 fully saturated rings. The zero-order valence-electron chi connectivity index (χ0n) is 11.2. The van der Waals surface area contributed by atoms with Crippen LogP contribution in [0.3, 0.4) is 0 Å². The van der Waals surface area contributed by atoms with Crippen LogP contribution >= 0.6 is 23.4 Å². The van der Waals surface area contributed by atoms with Gasteiger partial charge in [-0.3, -0.25) is 4.79 Å². The third-order valence-corrected chi connectivity index (χ3v) is 5.19. The molecule has 0 spiro atoms. The molecule has 1 saturated carbocycles. The van der Waals surface area contributed by atoms with E-state index in [-0.39, 0.29) is 10.8 Å². The Kier molecular flexibility index (Phi) is 4.78. The summed E-state index contributed by atoms with van der Waals surface area (Å²) >= 11 is 7.81. The summed E-state index contributed by atoms with van der Waals surface area (Å²) in [5.74, 6) is 0.875. The highest BCUT2D eigenvalue weighted by Crippen LogP contribution is 2.41. The number of aliphatic hydroxyl groups is 1. The quantitative estimate of drug-likeness (QED) is 0.746. The lowest BCUT2D eigenvalue weighted by molar-refractivity contribution is -0.0120. The number of rotatable bonds is 6. The standard InChI is InChI=1S/C13H18ClN3O2S/c1-2-20-10-3-4-13(10,19)7-17-12-9(14)5-8(6-16-12)11(15)18/h5-6,10,19H,2-4,7H2,1H3,(H2,15,18)(H,16,17). The second-order valence-corrected chi connectivity index (χ2v) is 6.75. The summed E-state index contributed by atoms with van der Waals surface area (Å²) in [6.07, 6.45) is 3.17. The van der Waals surface area contributed by atoms with Crippen molar-refractivity contribution in [2.45, 2.75) is 30.6 Å². The van der Waals surface area contributed by atoms with Gasteiger partial charge in [-0.1, -0.05) is 18.5 Å². The zero-order chi connectivity index (χ0) is 14.8. The van der Waals surface area contributed by atoms with Crippen LogP contribution in [0.15, 0.2) is 12.3 Å². The Morgan fingerprint density at radius 2 is 2.50 bits per heavy atom. The van der Waals surface area contributed by atoms with Gasteiger partial charge in [0.05, 0.1) is 16.2 Å². The van der Waals surface area contributed by atoms with Gasteiger partial charge in [-0.2, -0.15) is 11.8 Å². The number of nitrogens with one attached hydrogen (secondary N) is 1. The van der Waals surface area contributed by atoms with Crippen LogP contribution < -0.4 is 11.1 Å². The number of pyridine rings is 1. The molecule has 2 unspecified atom stereocenters. The van der Waals surface area contributed by atoms with Crippen molar-refractivity contribution >= 4 is 35.1 Å². The van der Waals surface area contributed by atoms with Gasteiger partial charge in [-0.15, -0.1) is 0 Å². The van der Waals surface area contributed by atoms with Crippen LogP contribution in [-0.4, -0.2) is 39.1 Å². The Labute approximate surface area is 127 Å². The molecule has 0 radical (unpaired) electrons. The molecule has 2 atom stereocenters. The number of nitrogens with two attached hydrogens (primary N) is 1. The molecule has 1 aliphatic carbocycles. The van der Waals surface area contributed by atoms with Gasteiger partial charge in [-0.05, 0) is 24.7 Å². The number of carbonyl (C=O) groups is 1. The molecular formula is C13H18ClN3O2S. The van der Waals surface area contributed by atoms with Gasteiger partial charge in [0.1, 0.15) is 5.82 Å². The summed E-state index contributed by atoms with van der Waals surface area (Å²) in [7, 11) is 0. The van der Waals surface area contributed by atoms with E-state index in [2.05, 4.69) is 17.2 Å². The second-order valence-electron chi connectivity index (χ2n) is 4.86. The largest absolute Gasteiger partial charge is 0.387 e. The van der Waals surface area contributed by atoms with E-state index in [1.807, 2.05) is 0 Å². The minimum atomic E-state index is -0.714. The fourth-order valence-electron chi connectivity index (χ4n) is 2.18. The summed E-state index contributed by atoms with van der Waals surface area (Å²) in [6.45, 7) is 2.48. The molecule has 1 aromatic heterocycles. The average Bonchev–Trinajstić information content (AvgIpc) is 2.41. The van der Waals surface area contributed by atoms with Gasteiger partial charge >= 0.3 is 0 Å². The molecule has 5 nitrogen and oxygen atoms in total. The Balaban J connectivity index is 1.99. The maximum absolute atomic E-state index is 11.0. The highest BCUT2D eigenvalue weighted by Gasteiger charge is 2.45. The number of halogens is 1. The van der Waals surface area contributed by atoms with E-state index in [0.29, 0.717) is 17.4 Å². The Morgan fingerprint density at radius 1 is 1.75 bits per heavy atom. The second kappa shape index (κ2) is 6.20. The molecular weight excluding hydrogens is 298 g/mol. The van der Waals surface area contributed by atoms with E-state index in [4.69, 9.17) is 17.3 Å². The van der Waals surface area contributed by atoms with Crippen molar-refractivity contribution in [3.63, 3.8) is 0 Å². The number of thioether (sulfide) groups is 1. The predicted molar refractivity (Wildman–Crippen MR) is 82.4 cm³/mol. The molecule has 0 aliphatic heterocycles. The highest BCUT2D eigenvalue weighted by atomic mass is 35.5. The first-order chi connectivity index (χ1) is 9.46. The van der Waals surface area contributed by atoms with Crippen molar-refractivity contribution < 1.29 is 9.90 Å². The SMILES string of the molecule is CCSC1CCC1(O)CNc1ncc(C(N)=O)cc1Cl. The van der Waals surface area contributed by atoms with Gasteiger partial charge in [0.25, 0.3) is 0 Å². The first kappa shape index (κ1) is 15.4. The van der Waals surface area contributed by atoms with Crippen molar-refractivity contribution in [3.05, 3.63) is 22.8 Å². The van der Waals surface area contributed by atoms with Crippen molar-refractivity contribution in [2.24, 2.45) is 5.73 Å². The van der Waals surface area contributed by atoms with Gasteiger partial charge < -0.3 is 16.2 Å². The van der Waals surface area contributed by atoms with E-state index < -0.39 is 11.5 Å². The Hall–Kier alpha value is -0.980. The molecule has 0 aromatic carbocycles. The van der Waals surface area contributed by atoms with Crippen LogP contribution in [0.4, 0.5) is 5.82 Å². The van der Waals surface area contributed by atoms with E-state index >= 15 is 0 Å². The highest BCUT2D eigenvalue weighted by molar-refractivity contribution is 8.00. The number of amides is 1. The maximum atomic E-state index is 11.0. The van der Waals surface area contributed by atoms with Crippen LogP contribution in [0.2, 0.25) is 5.02 Å². The lowest BCUT2D eigenvalue weighted by atomic mass is 9.79. The topological polar surface area (TPSA) is 88.2 Å². The van der Waals surface area contributed by atoms with Crippen LogP contribution in [0.25, 0.3) is 0 Å². The van der Waals surface area contributed by atoms with Gasteiger partial charge in [0.2, 0.25) is 5.91 Å². The summed E-state index contributed by atoms with van der Waals surface area (Å²) in [5.41, 5.74) is 4.71.